The van der Waals surface area contributed by atoms with E-state index in [1.54, 1.807) is 13.0 Å². The number of halogens is 4. The summed E-state index contributed by atoms with van der Waals surface area (Å²) in [7, 11) is 0. The van der Waals surface area contributed by atoms with Crippen molar-refractivity contribution >= 4 is 18.3 Å². The number of hydrogen-bond acceptors (Lipinski definition) is 2. The van der Waals surface area contributed by atoms with Crippen molar-refractivity contribution in [2.24, 2.45) is 11.7 Å². The van der Waals surface area contributed by atoms with Crippen molar-refractivity contribution in [2.75, 3.05) is 6.54 Å². The molecule has 130 valence electrons. The summed E-state index contributed by atoms with van der Waals surface area (Å²) in [5, 5.41) is 2.84. The number of amides is 1. The first-order valence-corrected chi connectivity index (χ1v) is 7.48. The Labute approximate surface area is 140 Å². The van der Waals surface area contributed by atoms with E-state index in [2.05, 4.69) is 5.32 Å². The van der Waals surface area contributed by atoms with Gasteiger partial charge in [-0.1, -0.05) is 25.1 Å². The van der Waals surface area contributed by atoms with E-state index in [1.807, 2.05) is 0 Å². The summed E-state index contributed by atoms with van der Waals surface area (Å²) >= 11 is 0. The molecular weight excluding hydrogens is 329 g/mol. The summed E-state index contributed by atoms with van der Waals surface area (Å²) in [6.07, 6.45) is -2.28. The van der Waals surface area contributed by atoms with Crippen LogP contribution in [0.5, 0.6) is 0 Å². The Morgan fingerprint density at radius 2 is 1.96 bits per heavy atom. The van der Waals surface area contributed by atoms with Crippen LogP contribution in [0, 0.1) is 5.92 Å². The highest BCUT2D eigenvalue weighted by Crippen LogP contribution is 2.36. The monoisotopic (exact) mass is 350 g/mol. The molecule has 2 unspecified atom stereocenters. The minimum atomic E-state index is -4.41. The molecule has 1 aromatic rings. The molecule has 0 spiro atoms. The van der Waals surface area contributed by atoms with Crippen LogP contribution in [0.15, 0.2) is 24.3 Å². The molecule has 7 heteroatoms. The lowest BCUT2D eigenvalue weighted by Gasteiger charge is -2.20. The van der Waals surface area contributed by atoms with Crippen molar-refractivity contribution < 1.29 is 18.0 Å². The Hall–Kier alpha value is -1.27. The van der Waals surface area contributed by atoms with Crippen LogP contribution >= 0.6 is 12.4 Å². The second kappa shape index (κ2) is 8.02. The van der Waals surface area contributed by atoms with E-state index < -0.39 is 17.7 Å². The van der Waals surface area contributed by atoms with E-state index in [0.29, 0.717) is 12.5 Å². The SMILES string of the molecule is CC(CC(=O)NC(CN)C1CC1)c1ccccc1C(F)(F)F.Cl. The first kappa shape index (κ1) is 19.8. The number of nitrogens with one attached hydrogen (secondary N) is 1. The average Bonchev–Trinajstić information content (AvgIpc) is 3.28. The Balaban J connectivity index is 0.00000264. The standard InChI is InChI=1S/C16H21F3N2O.ClH/c1-10(8-15(22)21-14(9-20)11-6-7-11)12-4-2-3-5-13(12)16(17,18)19;/h2-5,10-11,14H,6-9,20H2,1H3,(H,21,22);1H. The van der Waals surface area contributed by atoms with Gasteiger partial charge in [-0.25, -0.2) is 0 Å². The zero-order valence-corrected chi connectivity index (χ0v) is 13.7. The molecule has 3 nitrogen and oxygen atoms in total. The third-order valence-electron chi connectivity index (χ3n) is 4.08. The van der Waals surface area contributed by atoms with E-state index in [1.165, 1.54) is 12.1 Å². The molecule has 23 heavy (non-hydrogen) atoms. The summed E-state index contributed by atoms with van der Waals surface area (Å²) in [5.74, 6) is -0.325. The molecule has 1 aliphatic carbocycles. The van der Waals surface area contributed by atoms with Crippen LogP contribution in [-0.4, -0.2) is 18.5 Å². The maximum absolute atomic E-state index is 13.0. The molecule has 1 amide bonds. The van der Waals surface area contributed by atoms with Crippen LogP contribution in [0.4, 0.5) is 13.2 Å². The Morgan fingerprint density at radius 3 is 2.48 bits per heavy atom. The molecule has 0 aliphatic heterocycles. The fourth-order valence-corrected chi connectivity index (χ4v) is 2.71. The van der Waals surface area contributed by atoms with Crippen molar-refractivity contribution in [3.8, 4) is 0 Å². The van der Waals surface area contributed by atoms with Crippen molar-refractivity contribution in [1.82, 2.24) is 5.32 Å². The molecule has 1 saturated carbocycles. The lowest BCUT2D eigenvalue weighted by atomic mass is 9.92. The predicted octanol–water partition coefficient (Wildman–Crippen LogP) is 3.47. The minimum absolute atomic E-state index is 0. The Bertz CT molecular complexity index is 532. The Morgan fingerprint density at radius 1 is 1.35 bits per heavy atom. The fraction of sp³-hybridized carbons (Fsp3) is 0.562. The maximum atomic E-state index is 13.0. The number of carbonyl (C=O) groups excluding carboxylic acids is 1. The number of benzene rings is 1. The van der Waals surface area contributed by atoms with E-state index in [9.17, 15) is 18.0 Å². The quantitative estimate of drug-likeness (QED) is 0.825. The lowest BCUT2D eigenvalue weighted by molar-refractivity contribution is -0.138. The van der Waals surface area contributed by atoms with Gasteiger partial charge in [0.1, 0.15) is 0 Å². The smallest absolute Gasteiger partial charge is 0.352 e. The molecule has 0 heterocycles. The molecule has 0 aromatic heterocycles. The topological polar surface area (TPSA) is 55.1 Å². The van der Waals surface area contributed by atoms with Crippen molar-refractivity contribution in [1.29, 1.82) is 0 Å². The highest BCUT2D eigenvalue weighted by Gasteiger charge is 2.35. The van der Waals surface area contributed by atoms with Gasteiger partial charge in [-0.2, -0.15) is 13.2 Å². The van der Waals surface area contributed by atoms with Gasteiger partial charge >= 0.3 is 6.18 Å². The largest absolute Gasteiger partial charge is 0.416 e. The molecule has 0 saturated heterocycles. The first-order chi connectivity index (χ1) is 10.3. The zero-order valence-electron chi connectivity index (χ0n) is 12.9. The van der Waals surface area contributed by atoms with Crippen molar-refractivity contribution in [2.45, 2.75) is 44.3 Å². The van der Waals surface area contributed by atoms with Gasteiger partial charge in [0, 0.05) is 19.0 Å². The summed E-state index contributed by atoms with van der Waals surface area (Å²) in [4.78, 5) is 12.0. The van der Waals surface area contributed by atoms with E-state index in [4.69, 9.17) is 5.73 Å². The Kier molecular flexibility index (Phi) is 6.89. The molecule has 3 N–H and O–H groups in total. The summed E-state index contributed by atoms with van der Waals surface area (Å²) in [5.41, 5.74) is 5.10. The van der Waals surface area contributed by atoms with Crippen LogP contribution in [-0.2, 0) is 11.0 Å². The van der Waals surface area contributed by atoms with Crippen molar-refractivity contribution in [3.63, 3.8) is 0 Å². The maximum Gasteiger partial charge on any atom is 0.416 e. The number of hydrogen-bond donors (Lipinski definition) is 2. The molecule has 1 fully saturated rings. The summed E-state index contributed by atoms with van der Waals surface area (Å²) < 4.78 is 39.0. The van der Waals surface area contributed by atoms with Crippen LogP contribution in [0.3, 0.4) is 0 Å². The van der Waals surface area contributed by atoms with Gasteiger partial charge in [-0.15, -0.1) is 12.4 Å². The second-order valence-electron chi connectivity index (χ2n) is 5.94. The number of nitrogens with two attached hydrogens (primary N) is 1. The highest BCUT2D eigenvalue weighted by molar-refractivity contribution is 5.85. The third kappa shape index (κ3) is 5.39. The average molecular weight is 351 g/mol. The predicted molar refractivity (Wildman–Crippen MR) is 85.4 cm³/mol. The van der Waals surface area contributed by atoms with Gasteiger partial charge in [-0.3, -0.25) is 4.79 Å². The number of alkyl halides is 3. The molecule has 2 atom stereocenters. The van der Waals surface area contributed by atoms with E-state index in [-0.39, 0.29) is 36.3 Å². The molecule has 2 rings (SSSR count). The van der Waals surface area contributed by atoms with Crippen molar-refractivity contribution in [3.05, 3.63) is 35.4 Å². The van der Waals surface area contributed by atoms with E-state index in [0.717, 1.165) is 18.9 Å². The van der Waals surface area contributed by atoms with Gasteiger partial charge in [0.15, 0.2) is 0 Å². The number of rotatable bonds is 6. The normalized spacial score (nSPS) is 17.1. The van der Waals surface area contributed by atoms with Gasteiger partial charge in [-0.05, 0) is 36.3 Å². The summed E-state index contributed by atoms with van der Waals surface area (Å²) in [6, 6.07) is 5.35. The van der Waals surface area contributed by atoms with Gasteiger partial charge in [0.25, 0.3) is 0 Å². The van der Waals surface area contributed by atoms with Crippen LogP contribution in [0.2, 0.25) is 0 Å². The third-order valence-corrected chi connectivity index (χ3v) is 4.08. The van der Waals surface area contributed by atoms with Gasteiger partial charge in [0.2, 0.25) is 5.91 Å². The highest BCUT2D eigenvalue weighted by atomic mass is 35.5. The minimum Gasteiger partial charge on any atom is -0.352 e. The van der Waals surface area contributed by atoms with Gasteiger partial charge < -0.3 is 11.1 Å². The fourth-order valence-electron chi connectivity index (χ4n) is 2.71. The van der Waals surface area contributed by atoms with Crippen LogP contribution in [0.1, 0.15) is 43.2 Å². The molecule has 1 aliphatic rings. The molecule has 0 bridgehead atoms. The van der Waals surface area contributed by atoms with E-state index >= 15 is 0 Å². The van der Waals surface area contributed by atoms with Crippen LogP contribution < -0.4 is 11.1 Å². The molecular formula is C16H22ClF3N2O. The summed E-state index contributed by atoms with van der Waals surface area (Å²) in [6.45, 7) is 2.00. The lowest BCUT2D eigenvalue weighted by Crippen LogP contribution is -2.42. The van der Waals surface area contributed by atoms with Gasteiger partial charge in [0.05, 0.1) is 5.56 Å². The molecule has 1 aromatic carbocycles. The first-order valence-electron chi connectivity index (χ1n) is 7.48. The second-order valence-corrected chi connectivity index (χ2v) is 5.94. The van der Waals surface area contributed by atoms with Crippen LogP contribution in [0.25, 0.3) is 0 Å². The molecule has 0 radical (unpaired) electrons. The number of carbonyl (C=O) groups is 1. The zero-order chi connectivity index (χ0) is 16.3.